The Kier molecular flexibility index (Phi) is 5.47. The third-order valence-corrected chi connectivity index (χ3v) is 4.23. The average Bonchev–Trinajstić information content (AvgIpc) is 2.66. The van der Waals surface area contributed by atoms with Gasteiger partial charge >= 0.3 is 6.03 Å². The summed E-state index contributed by atoms with van der Waals surface area (Å²) < 4.78 is 26.9. The lowest BCUT2D eigenvalue weighted by Gasteiger charge is -2.29. The lowest BCUT2D eigenvalue weighted by atomic mass is 10.1. The molecule has 144 valence electrons. The first kappa shape index (κ1) is 19.2. The highest BCUT2D eigenvalue weighted by molar-refractivity contribution is 5.95. The molecular formula is C18H15F2N5O3. The average molecular weight is 387 g/mol. The zero-order chi connectivity index (χ0) is 20.3. The molecule has 0 saturated carbocycles. The zero-order valence-electron chi connectivity index (χ0n) is 14.4. The summed E-state index contributed by atoms with van der Waals surface area (Å²) in [6, 6.07) is 4.60. The number of carbonyl (C=O) groups is 2. The summed E-state index contributed by atoms with van der Waals surface area (Å²) in [5.74, 6) is -2.35. The second-order valence-electron chi connectivity index (χ2n) is 6.05. The summed E-state index contributed by atoms with van der Waals surface area (Å²) in [6.07, 6.45) is 1.39. The van der Waals surface area contributed by atoms with Crippen LogP contribution in [0.25, 0.3) is 0 Å². The molecule has 3 N–H and O–H groups in total. The molecule has 2 heterocycles. The summed E-state index contributed by atoms with van der Waals surface area (Å²) in [4.78, 5) is 29.6. The highest BCUT2D eigenvalue weighted by atomic mass is 19.1. The smallest absolute Gasteiger partial charge is 0.322 e. The topological polar surface area (TPSA) is 118 Å². The first-order valence-electron chi connectivity index (χ1n) is 8.22. The Morgan fingerprint density at radius 1 is 1.43 bits per heavy atom. The zero-order valence-corrected chi connectivity index (χ0v) is 14.4. The molecule has 1 aromatic carbocycles. The molecule has 0 unspecified atom stereocenters. The molecule has 0 bridgehead atoms. The van der Waals surface area contributed by atoms with Gasteiger partial charge in [-0.25, -0.2) is 18.6 Å². The van der Waals surface area contributed by atoms with E-state index in [1.54, 1.807) is 6.07 Å². The molecule has 0 fully saturated rings. The van der Waals surface area contributed by atoms with Crippen LogP contribution in [-0.2, 0) is 11.3 Å². The van der Waals surface area contributed by atoms with E-state index in [2.05, 4.69) is 15.6 Å². The molecule has 1 atom stereocenters. The highest BCUT2D eigenvalue weighted by Gasteiger charge is 2.28. The van der Waals surface area contributed by atoms with Crippen molar-refractivity contribution in [2.45, 2.75) is 12.6 Å². The third kappa shape index (κ3) is 3.89. The number of benzene rings is 1. The molecule has 28 heavy (non-hydrogen) atoms. The van der Waals surface area contributed by atoms with E-state index < -0.39 is 42.8 Å². The Bertz CT molecular complexity index is 976. The number of pyridine rings is 1. The van der Waals surface area contributed by atoms with E-state index in [4.69, 9.17) is 5.26 Å². The van der Waals surface area contributed by atoms with Gasteiger partial charge in [-0.2, -0.15) is 5.26 Å². The number of carbonyl (C=O) groups excluding carboxylic acids is 2. The number of amides is 3. The van der Waals surface area contributed by atoms with Crippen molar-refractivity contribution in [1.82, 2.24) is 15.2 Å². The van der Waals surface area contributed by atoms with Crippen molar-refractivity contribution >= 4 is 17.6 Å². The molecule has 3 rings (SSSR count). The van der Waals surface area contributed by atoms with Crippen molar-refractivity contribution in [2.24, 2.45) is 0 Å². The minimum absolute atomic E-state index is 0.0139. The molecule has 0 saturated heterocycles. The van der Waals surface area contributed by atoms with Gasteiger partial charge in [-0.1, -0.05) is 6.07 Å². The van der Waals surface area contributed by atoms with Crippen LogP contribution in [0.3, 0.4) is 0 Å². The van der Waals surface area contributed by atoms with Gasteiger partial charge in [-0.05, 0) is 12.1 Å². The summed E-state index contributed by atoms with van der Waals surface area (Å²) >= 11 is 0. The quantitative estimate of drug-likeness (QED) is 0.717. The number of anilines is 1. The number of nitriles is 1. The van der Waals surface area contributed by atoms with Crippen LogP contribution in [-0.4, -0.2) is 40.1 Å². The lowest BCUT2D eigenvalue weighted by molar-refractivity contribution is -0.122. The molecule has 1 aliphatic rings. The number of nitrogens with one attached hydrogen (secondary N) is 2. The number of aliphatic hydroxyl groups is 1. The van der Waals surface area contributed by atoms with E-state index in [1.165, 1.54) is 6.20 Å². The molecule has 0 radical (unpaired) electrons. The van der Waals surface area contributed by atoms with Crippen molar-refractivity contribution in [1.29, 1.82) is 5.26 Å². The van der Waals surface area contributed by atoms with Crippen LogP contribution in [0.4, 0.5) is 19.3 Å². The molecule has 3 amide bonds. The number of rotatable bonds is 5. The van der Waals surface area contributed by atoms with Crippen LogP contribution in [0, 0.1) is 23.0 Å². The van der Waals surface area contributed by atoms with Gasteiger partial charge in [0.25, 0.3) is 0 Å². The maximum Gasteiger partial charge on any atom is 0.322 e. The monoisotopic (exact) mass is 387 g/mol. The largest absolute Gasteiger partial charge is 0.394 e. The molecule has 0 aliphatic carbocycles. The maximum absolute atomic E-state index is 13.9. The van der Waals surface area contributed by atoms with Crippen molar-refractivity contribution < 1.29 is 23.5 Å². The van der Waals surface area contributed by atoms with Crippen molar-refractivity contribution in [3.05, 3.63) is 58.9 Å². The Hall–Kier alpha value is -3.58. The number of aromatic nitrogens is 1. The second kappa shape index (κ2) is 7.98. The van der Waals surface area contributed by atoms with E-state index in [0.29, 0.717) is 17.3 Å². The maximum atomic E-state index is 13.9. The Morgan fingerprint density at radius 3 is 2.89 bits per heavy atom. The van der Waals surface area contributed by atoms with Gasteiger partial charge in [0.05, 0.1) is 24.9 Å². The van der Waals surface area contributed by atoms with Crippen LogP contribution >= 0.6 is 0 Å². The number of aliphatic hydroxyl groups excluding tert-OH is 1. The minimum Gasteiger partial charge on any atom is -0.394 e. The van der Waals surface area contributed by atoms with Crippen LogP contribution < -0.4 is 10.6 Å². The number of halogens is 2. The normalized spacial score (nSPS) is 13.9. The number of hydrogen-bond acceptors (Lipinski definition) is 5. The van der Waals surface area contributed by atoms with Crippen LogP contribution in [0.2, 0.25) is 0 Å². The fourth-order valence-corrected chi connectivity index (χ4v) is 2.87. The van der Waals surface area contributed by atoms with E-state index in [0.717, 1.165) is 17.0 Å². The first-order chi connectivity index (χ1) is 13.4. The Balaban J connectivity index is 1.72. The molecule has 10 heteroatoms. The van der Waals surface area contributed by atoms with Crippen LogP contribution in [0.5, 0.6) is 0 Å². The minimum atomic E-state index is -1.11. The predicted octanol–water partition coefficient (Wildman–Crippen LogP) is 1.43. The Labute approximate surface area is 158 Å². The van der Waals surface area contributed by atoms with Gasteiger partial charge in [0.15, 0.2) is 0 Å². The summed E-state index contributed by atoms with van der Waals surface area (Å²) in [6.45, 7) is -1.03. The first-order valence-corrected chi connectivity index (χ1v) is 8.22. The summed E-state index contributed by atoms with van der Waals surface area (Å²) in [5.41, 5.74) is 0.960. The molecule has 1 aliphatic heterocycles. The molecule has 2 aromatic rings. The molecule has 0 spiro atoms. The highest BCUT2D eigenvalue weighted by Crippen LogP contribution is 2.25. The van der Waals surface area contributed by atoms with Gasteiger partial charge in [-0.3, -0.25) is 4.79 Å². The number of hydrogen-bond donors (Lipinski definition) is 3. The van der Waals surface area contributed by atoms with E-state index >= 15 is 0 Å². The van der Waals surface area contributed by atoms with E-state index in [-0.39, 0.29) is 17.8 Å². The van der Waals surface area contributed by atoms with Gasteiger partial charge in [0, 0.05) is 23.4 Å². The van der Waals surface area contributed by atoms with Crippen molar-refractivity contribution in [3.63, 3.8) is 0 Å². The van der Waals surface area contributed by atoms with Crippen molar-refractivity contribution in [3.8, 4) is 6.07 Å². The van der Waals surface area contributed by atoms with E-state index in [1.807, 2.05) is 6.07 Å². The second-order valence-corrected chi connectivity index (χ2v) is 6.05. The number of nitrogens with zero attached hydrogens (tertiary/aromatic N) is 3. The SMILES string of the molecule is N#Cc1nccc2c1CN(CC(=O)N[C@H](CO)c1ccc(F)cc1F)C(=O)N2. The predicted molar refractivity (Wildman–Crippen MR) is 92.7 cm³/mol. The standard InChI is InChI=1S/C18H15F2N5O3/c19-10-1-2-11(13(20)5-10)16(9-26)23-17(27)8-25-7-12-14(24-18(25)28)3-4-22-15(12)6-21/h1-5,16,26H,7-9H2,(H,23,27)(H,24,28)/t16-/m1/s1. The Morgan fingerprint density at radius 2 is 2.21 bits per heavy atom. The lowest BCUT2D eigenvalue weighted by Crippen LogP contribution is -2.46. The van der Waals surface area contributed by atoms with Crippen LogP contribution in [0.1, 0.15) is 22.9 Å². The third-order valence-electron chi connectivity index (χ3n) is 4.23. The summed E-state index contributed by atoms with van der Waals surface area (Å²) in [7, 11) is 0. The molecule has 1 aromatic heterocycles. The van der Waals surface area contributed by atoms with E-state index in [9.17, 15) is 23.5 Å². The number of fused-ring (bicyclic) bond motifs is 1. The fourth-order valence-electron chi connectivity index (χ4n) is 2.87. The van der Waals surface area contributed by atoms with Gasteiger partial charge in [0.2, 0.25) is 5.91 Å². The van der Waals surface area contributed by atoms with Gasteiger partial charge in [-0.15, -0.1) is 0 Å². The fraction of sp³-hybridized carbons (Fsp3) is 0.222. The van der Waals surface area contributed by atoms with Crippen LogP contribution in [0.15, 0.2) is 30.5 Å². The number of urea groups is 1. The molecule has 8 nitrogen and oxygen atoms in total. The molecular weight excluding hydrogens is 372 g/mol. The van der Waals surface area contributed by atoms with Gasteiger partial charge in [0.1, 0.15) is 29.9 Å². The van der Waals surface area contributed by atoms with Crippen molar-refractivity contribution in [2.75, 3.05) is 18.5 Å². The summed E-state index contributed by atoms with van der Waals surface area (Å²) in [5, 5.41) is 23.6. The van der Waals surface area contributed by atoms with Gasteiger partial charge < -0.3 is 20.6 Å².